The van der Waals surface area contributed by atoms with Crippen LogP contribution < -0.4 is 0 Å². The average molecular weight is 177 g/mol. The Morgan fingerprint density at radius 3 is 2.45 bits per heavy atom. The standard InChI is InChI=1S/C7H15NO2S/c1-11(10)8-4-2-7(6-9)3-5-8/h7,9H,2-6H2,1H3. The summed E-state index contributed by atoms with van der Waals surface area (Å²) in [6.45, 7) is 2.02. The highest BCUT2D eigenvalue weighted by Gasteiger charge is 2.23. The molecule has 4 heteroatoms. The highest BCUT2D eigenvalue weighted by Crippen LogP contribution is 2.17. The summed E-state index contributed by atoms with van der Waals surface area (Å²) in [6, 6.07) is 0. The van der Waals surface area contributed by atoms with E-state index in [0.29, 0.717) is 5.92 Å². The molecule has 0 aliphatic carbocycles. The van der Waals surface area contributed by atoms with E-state index in [-0.39, 0.29) is 6.61 Å². The molecule has 0 bridgehead atoms. The zero-order valence-electron chi connectivity index (χ0n) is 6.82. The Morgan fingerprint density at radius 1 is 1.55 bits per heavy atom. The molecular weight excluding hydrogens is 162 g/mol. The molecule has 11 heavy (non-hydrogen) atoms. The maximum atomic E-state index is 11.0. The van der Waals surface area contributed by atoms with Crippen LogP contribution in [0, 0.1) is 5.92 Å². The van der Waals surface area contributed by atoms with E-state index in [1.54, 1.807) is 6.26 Å². The first-order valence-electron chi connectivity index (χ1n) is 3.93. The van der Waals surface area contributed by atoms with Gasteiger partial charge in [0, 0.05) is 31.1 Å². The molecular formula is C7H15NO2S. The maximum absolute atomic E-state index is 11.0. The van der Waals surface area contributed by atoms with Gasteiger partial charge in [0.15, 0.2) is 0 Å². The Hall–Kier alpha value is 0.230. The summed E-state index contributed by atoms with van der Waals surface area (Å²) in [6.07, 6.45) is 3.67. The molecule has 1 aliphatic rings. The molecule has 0 amide bonds. The lowest BCUT2D eigenvalue weighted by molar-refractivity contribution is 0.170. The van der Waals surface area contributed by atoms with E-state index in [0.717, 1.165) is 25.9 Å². The lowest BCUT2D eigenvalue weighted by Crippen LogP contribution is -2.38. The highest BCUT2D eigenvalue weighted by molar-refractivity contribution is 7.88. The summed E-state index contributed by atoms with van der Waals surface area (Å²) >= 11 is -0.817. The summed E-state index contributed by atoms with van der Waals surface area (Å²) < 4.78 is 12.9. The predicted molar refractivity (Wildman–Crippen MR) is 45.4 cm³/mol. The van der Waals surface area contributed by atoms with Crippen LogP contribution in [0.5, 0.6) is 0 Å². The Morgan fingerprint density at radius 2 is 2.09 bits per heavy atom. The maximum Gasteiger partial charge on any atom is 0.115 e. The van der Waals surface area contributed by atoms with Crippen molar-refractivity contribution in [3.05, 3.63) is 0 Å². The number of aliphatic hydroxyl groups excluding tert-OH is 1. The van der Waals surface area contributed by atoms with Gasteiger partial charge in [-0.25, -0.2) is 0 Å². The second kappa shape index (κ2) is 4.30. The summed E-state index contributed by atoms with van der Waals surface area (Å²) in [5, 5.41) is 8.82. The van der Waals surface area contributed by atoms with Gasteiger partial charge in [0.25, 0.3) is 0 Å². The molecule has 1 unspecified atom stereocenters. The van der Waals surface area contributed by atoms with Gasteiger partial charge in [0.1, 0.15) is 6.26 Å². The lowest BCUT2D eigenvalue weighted by Gasteiger charge is -2.29. The van der Waals surface area contributed by atoms with Crippen LogP contribution in [0.4, 0.5) is 0 Å². The van der Waals surface area contributed by atoms with Crippen LogP contribution in [0.1, 0.15) is 12.8 Å². The van der Waals surface area contributed by atoms with Crippen LogP contribution in [0.3, 0.4) is 0 Å². The fourth-order valence-electron chi connectivity index (χ4n) is 1.35. The first-order valence-corrected chi connectivity index (χ1v) is 5.45. The fourth-order valence-corrected chi connectivity index (χ4v) is 2.07. The van der Waals surface area contributed by atoms with Crippen LogP contribution in [-0.4, -0.2) is 39.9 Å². The normalized spacial score (nSPS) is 25.4. The van der Waals surface area contributed by atoms with Crippen LogP contribution in [0.25, 0.3) is 0 Å². The Kier molecular flexibility index (Phi) is 3.65. The van der Waals surface area contributed by atoms with Crippen molar-refractivity contribution in [2.45, 2.75) is 12.8 Å². The van der Waals surface area contributed by atoms with E-state index >= 15 is 0 Å². The predicted octanol–water partition coefficient (Wildman–Crippen LogP) is -0.0158. The van der Waals surface area contributed by atoms with E-state index < -0.39 is 11.4 Å². The largest absolute Gasteiger partial charge is 0.598 e. The van der Waals surface area contributed by atoms with Crippen molar-refractivity contribution in [2.24, 2.45) is 5.92 Å². The number of hydrogen-bond donors (Lipinski definition) is 1. The van der Waals surface area contributed by atoms with Crippen molar-refractivity contribution in [1.29, 1.82) is 0 Å². The van der Waals surface area contributed by atoms with Crippen molar-refractivity contribution in [3.63, 3.8) is 0 Å². The summed E-state index contributed by atoms with van der Waals surface area (Å²) in [5.41, 5.74) is 0. The van der Waals surface area contributed by atoms with E-state index in [2.05, 4.69) is 0 Å². The highest BCUT2D eigenvalue weighted by atomic mass is 32.2. The summed E-state index contributed by atoms with van der Waals surface area (Å²) in [4.78, 5) is 0. The summed E-state index contributed by atoms with van der Waals surface area (Å²) in [7, 11) is 0. The second-order valence-electron chi connectivity index (χ2n) is 2.98. The molecule has 0 aromatic carbocycles. The monoisotopic (exact) mass is 177 g/mol. The zero-order valence-corrected chi connectivity index (χ0v) is 7.64. The lowest BCUT2D eigenvalue weighted by atomic mass is 10.00. The van der Waals surface area contributed by atoms with E-state index in [4.69, 9.17) is 5.11 Å². The van der Waals surface area contributed by atoms with Crippen molar-refractivity contribution < 1.29 is 9.66 Å². The molecule has 0 saturated carbocycles. The van der Waals surface area contributed by atoms with Crippen LogP contribution in [0.2, 0.25) is 0 Å². The van der Waals surface area contributed by atoms with E-state index in [1.165, 1.54) is 0 Å². The molecule has 1 atom stereocenters. The summed E-state index contributed by atoms with van der Waals surface area (Å²) in [5.74, 6) is 0.440. The van der Waals surface area contributed by atoms with Crippen LogP contribution in [0.15, 0.2) is 0 Å². The van der Waals surface area contributed by atoms with Crippen molar-refractivity contribution in [1.82, 2.24) is 4.31 Å². The number of nitrogens with zero attached hydrogens (tertiary/aromatic N) is 1. The van der Waals surface area contributed by atoms with Gasteiger partial charge in [0.05, 0.1) is 0 Å². The van der Waals surface area contributed by atoms with Crippen LogP contribution >= 0.6 is 0 Å². The Labute approximate surface area is 70.7 Å². The Bertz CT molecular complexity index is 113. The molecule has 3 nitrogen and oxygen atoms in total. The van der Waals surface area contributed by atoms with Gasteiger partial charge in [-0.15, -0.1) is 4.31 Å². The molecule has 1 rings (SSSR count). The smallest absolute Gasteiger partial charge is 0.115 e. The molecule has 0 spiro atoms. The van der Waals surface area contributed by atoms with Gasteiger partial charge >= 0.3 is 0 Å². The van der Waals surface area contributed by atoms with Gasteiger partial charge in [-0.1, -0.05) is 0 Å². The molecule has 1 aliphatic heterocycles. The molecule has 0 aromatic rings. The minimum atomic E-state index is -0.817. The molecule has 66 valence electrons. The van der Waals surface area contributed by atoms with E-state index in [9.17, 15) is 4.55 Å². The topological polar surface area (TPSA) is 46.5 Å². The third-order valence-corrected chi connectivity index (χ3v) is 3.29. The molecule has 1 fully saturated rings. The van der Waals surface area contributed by atoms with Gasteiger partial charge in [-0.2, -0.15) is 0 Å². The van der Waals surface area contributed by atoms with Gasteiger partial charge in [-0.3, -0.25) is 0 Å². The first-order chi connectivity index (χ1) is 5.24. The van der Waals surface area contributed by atoms with Gasteiger partial charge in [0.2, 0.25) is 0 Å². The number of rotatable bonds is 2. The van der Waals surface area contributed by atoms with Gasteiger partial charge in [-0.05, 0) is 18.8 Å². The molecule has 1 saturated heterocycles. The first kappa shape index (κ1) is 9.32. The second-order valence-corrected chi connectivity index (χ2v) is 4.34. The van der Waals surface area contributed by atoms with Crippen molar-refractivity contribution in [3.8, 4) is 0 Å². The number of aliphatic hydroxyl groups is 1. The molecule has 0 aromatic heterocycles. The van der Waals surface area contributed by atoms with Gasteiger partial charge < -0.3 is 9.66 Å². The Balaban J connectivity index is 2.24. The minimum Gasteiger partial charge on any atom is -0.598 e. The number of piperidine rings is 1. The molecule has 1 heterocycles. The number of hydrogen-bond acceptors (Lipinski definition) is 3. The fraction of sp³-hybridized carbons (Fsp3) is 1.00. The van der Waals surface area contributed by atoms with Crippen LogP contribution in [-0.2, 0) is 11.4 Å². The SMILES string of the molecule is C[S+]([O-])N1CCC(CO)CC1. The zero-order chi connectivity index (χ0) is 8.27. The molecule has 1 N–H and O–H groups in total. The quantitative estimate of drug-likeness (QED) is 0.603. The van der Waals surface area contributed by atoms with E-state index in [1.807, 2.05) is 4.31 Å². The van der Waals surface area contributed by atoms with Crippen molar-refractivity contribution >= 4 is 11.4 Å². The molecule has 0 radical (unpaired) electrons. The third-order valence-electron chi connectivity index (χ3n) is 2.20. The average Bonchev–Trinajstić information content (AvgIpc) is 2.05. The third kappa shape index (κ3) is 2.63. The van der Waals surface area contributed by atoms with Crippen molar-refractivity contribution in [2.75, 3.05) is 26.0 Å². The minimum absolute atomic E-state index is 0.282.